The summed E-state index contributed by atoms with van der Waals surface area (Å²) in [6, 6.07) is 10.6. The van der Waals surface area contributed by atoms with E-state index < -0.39 is 0 Å². The normalized spacial score (nSPS) is 10.9. The third-order valence-corrected chi connectivity index (χ3v) is 4.98. The number of pyridine rings is 1. The van der Waals surface area contributed by atoms with Gasteiger partial charge in [-0.25, -0.2) is 4.98 Å². The van der Waals surface area contributed by atoms with Crippen molar-refractivity contribution in [1.29, 1.82) is 0 Å². The number of anilines is 2. The molecule has 0 aliphatic carbocycles. The molecule has 0 saturated heterocycles. The highest BCUT2D eigenvalue weighted by Crippen LogP contribution is 2.35. The fourth-order valence-corrected chi connectivity index (χ4v) is 3.25. The Labute approximate surface area is 124 Å². The third kappa shape index (κ3) is 2.26. The molecule has 2 aromatic heterocycles. The quantitative estimate of drug-likeness (QED) is 0.646. The minimum Gasteiger partial charge on any atom is -0.328 e. The van der Waals surface area contributed by atoms with E-state index in [1.165, 1.54) is 21.3 Å². The number of benzene rings is 1. The summed E-state index contributed by atoms with van der Waals surface area (Å²) < 4.78 is 2.35. The standard InChI is InChI=1S/C15H13BrN2S/c1-10-7-15(17-8-12(10)16)18(2)13-9-19-14-6-4-3-5-11(13)14/h3-9H,1-2H3. The van der Waals surface area contributed by atoms with Crippen molar-refractivity contribution < 1.29 is 0 Å². The summed E-state index contributed by atoms with van der Waals surface area (Å²) in [5.41, 5.74) is 2.39. The Hall–Kier alpha value is -1.39. The predicted molar refractivity (Wildman–Crippen MR) is 86.6 cm³/mol. The maximum absolute atomic E-state index is 4.49. The molecule has 2 heterocycles. The lowest BCUT2D eigenvalue weighted by atomic mass is 10.2. The molecule has 0 aliphatic heterocycles. The average Bonchev–Trinajstić information content (AvgIpc) is 2.85. The zero-order chi connectivity index (χ0) is 13.4. The predicted octanol–water partition coefficient (Wildman–Crippen LogP) is 5.14. The van der Waals surface area contributed by atoms with E-state index in [0.717, 1.165) is 10.3 Å². The fourth-order valence-electron chi connectivity index (χ4n) is 2.05. The van der Waals surface area contributed by atoms with Gasteiger partial charge in [-0.15, -0.1) is 11.3 Å². The maximum atomic E-state index is 4.49. The van der Waals surface area contributed by atoms with Gasteiger partial charge in [0.05, 0.1) is 5.69 Å². The summed E-state index contributed by atoms with van der Waals surface area (Å²) in [6.07, 6.45) is 1.86. The summed E-state index contributed by atoms with van der Waals surface area (Å²) in [4.78, 5) is 6.62. The average molecular weight is 333 g/mol. The number of hydrogen-bond acceptors (Lipinski definition) is 3. The van der Waals surface area contributed by atoms with Crippen molar-refractivity contribution in [3.8, 4) is 0 Å². The van der Waals surface area contributed by atoms with Crippen molar-refractivity contribution >= 4 is 48.9 Å². The van der Waals surface area contributed by atoms with Crippen molar-refractivity contribution in [2.45, 2.75) is 6.92 Å². The first-order chi connectivity index (χ1) is 9.16. The second-order valence-corrected chi connectivity index (χ2v) is 6.23. The van der Waals surface area contributed by atoms with Crippen LogP contribution in [-0.4, -0.2) is 12.0 Å². The first-order valence-corrected chi connectivity index (χ1v) is 7.66. The van der Waals surface area contributed by atoms with Gasteiger partial charge in [-0.1, -0.05) is 18.2 Å². The molecule has 0 N–H and O–H groups in total. The SMILES string of the molecule is Cc1cc(N(C)c2csc3ccccc23)ncc1Br. The Kier molecular flexibility index (Phi) is 3.29. The summed E-state index contributed by atoms with van der Waals surface area (Å²) in [6.45, 7) is 2.08. The number of nitrogens with zero attached hydrogens (tertiary/aromatic N) is 2. The third-order valence-electron chi connectivity index (χ3n) is 3.20. The van der Waals surface area contributed by atoms with Crippen molar-refractivity contribution in [2.75, 3.05) is 11.9 Å². The lowest BCUT2D eigenvalue weighted by Gasteiger charge is -2.18. The number of hydrogen-bond donors (Lipinski definition) is 0. The van der Waals surface area contributed by atoms with Crippen LogP contribution in [0.25, 0.3) is 10.1 Å². The van der Waals surface area contributed by atoms with Crippen LogP contribution in [0.3, 0.4) is 0 Å². The number of aryl methyl sites for hydroxylation is 1. The molecule has 4 heteroatoms. The van der Waals surface area contributed by atoms with Gasteiger partial charge in [0.25, 0.3) is 0 Å². The van der Waals surface area contributed by atoms with Crippen molar-refractivity contribution in [3.05, 3.63) is 51.9 Å². The summed E-state index contributed by atoms with van der Waals surface area (Å²) >= 11 is 5.25. The monoisotopic (exact) mass is 332 g/mol. The molecule has 3 aromatic rings. The molecule has 0 radical (unpaired) electrons. The second-order valence-electron chi connectivity index (χ2n) is 4.47. The number of aromatic nitrogens is 1. The molecule has 0 amide bonds. The fraction of sp³-hybridized carbons (Fsp3) is 0.133. The van der Waals surface area contributed by atoms with E-state index in [1.54, 1.807) is 11.3 Å². The smallest absolute Gasteiger partial charge is 0.133 e. The van der Waals surface area contributed by atoms with Gasteiger partial charge in [0.2, 0.25) is 0 Å². The van der Waals surface area contributed by atoms with Gasteiger partial charge in [0.1, 0.15) is 5.82 Å². The molecule has 0 unspecified atom stereocenters. The molecular formula is C15H13BrN2S. The van der Waals surface area contributed by atoms with E-state index in [0.29, 0.717) is 0 Å². The van der Waals surface area contributed by atoms with Gasteiger partial charge in [-0.2, -0.15) is 0 Å². The molecule has 0 fully saturated rings. The van der Waals surface area contributed by atoms with Crippen LogP contribution in [-0.2, 0) is 0 Å². The zero-order valence-electron chi connectivity index (χ0n) is 10.7. The molecular weight excluding hydrogens is 320 g/mol. The van der Waals surface area contributed by atoms with E-state index in [2.05, 4.69) is 75.5 Å². The molecule has 0 bridgehead atoms. The van der Waals surface area contributed by atoms with Gasteiger partial charge in [-0.05, 0) is 40.5 Å². The number of rotatable bonds is 2. The molecule has 0 aliphatic rings. The van der Waals surface area contributed by atoms with Gasteiger partial charge in [-0.3, -0.25) is 0 Å². The molecule has 0 spiro atoms. The number of fused-ring (bicyclic) bond motifs is 1. The Morgan fingerprint density at radius 1 is 1.26 bits per heavy atom. The van der Waals surface area contributed by atoms with Crippen LogP contribution in [0.15, 0.2) is 46.4 Å². The van der Waals surface area contributed by atoms with Crippen LogP contribution in [0.4, 0.5) is 11.5 Å². The van der Waals surface area contributed by atoms with E-state index >= 15 is 0 Å². The minimum atomic E-state index is 0.962. The summed E-state index contributed by atoms with van der Waals surface area (Å²) in [5.74, 6) is 0.962. The van der Waals surface area contributed by atoms with E-state index in [9.17, 15) is 0 Å². The highest BCUT2D eigenvalue weighted by Gasteiger charge is 2.11. The maximum Gasteiger partial charge on any atom is 0.133 e. The number of halogens is 1. The Morgan fingerprint density at radius 3 is 2.84 bits per heavy atom. The van der Waals surface area contributed by atoms with E-state index in [1.807, 2.05) is 6.20 Å². The largest absolute Gasteiger partial charge is 0.328 e. The van der Waals surface area contributed by atoms with Crippen LogP contribution in [0, 0.1) is 6.92 Å². The van der Waals surface area contributed by atoms with Crippen LogP contribution < -0.4 is 4.90 Å². The van der Waals surface area contributed by atoms with Gasteiger partial charge in [0.15, 0.2) is 0 Å². The molecule has 19 heavy (non-hydrogen) atoms. The van der Waals surface area contributed by atoms with Crippen molar-refractivity contribution in [1.82, 2.24) is 4.98 Å². The van der Waals surface area contributed by atoms with Crippen molar-refractivity contribution in [2.24, 2.45) is 0 Å². The zero-order valence-corrected chi connectivity index (χ0v) is 13.1. The van der Waals surface area contributed by atoms with E-state index in [4.69, 9.17) is 0 Å². The molecule has 1 aromatic carbocycles. The number of thiophene rings is 1. The molecule has 2 nitrogen and oxygen atoms in total. The summed E-state index contributed by atoms with van der Waals surface area (Å²) in [5, 5.41) is 3.46. The highest BCUT2D eigenvalue weighted by atomic mass is 79.9. The van der Waals surface area contributed by atoms with Crippen molar-refractivity contribution in [3.63, 3.8) is 0 Å². The first-order valence-electron chi connectivity index (χ1n) is 5.99. The molecule has 96 valence electrons. The lowest BCUT2D eigenvalue weighted by molar-refractivity contribution is 1.12. The lowest BCUT2D eigenvalue weighted by Crippen LogP contribution is -2.10. The Morgan fingerprint density at radius 2 is 2.05 bits per heavy atom. The first kappa shape index (κ1) is 12.6. The van der Waals surface area contributed by atoms with Crippen LogP contribution in [0.1, 0.15) is 5.56 Å². The van der Waals surface area contributed by atoms with E-state index in [-0.39, 0.29) is 0 Å². The van der Waals surface area contributed by atoms with Gasteiger partial charge < -0.3 is 4.90 Å². The molecule has 3 rings (SSSR count). The van der Waals surface area contributed by atoms with Crippen LogP contribution >= 0.6 is 27.3 Å². The van der Waals surface area contributed by atoms with Gasteiger partial charge in [0, 0.05) is 33.2 Å². The molecule has 0 atom stereocenters. The van der Waals surface area contributed by atoms with Crippen LogP contribution in [0.2, 0.25) is 0 Å². The van der Waals surface area contributed by atoms with Gasteiger partial charge >= 0.3 is 0 Å². The minimum absolute atomic E-state index is 0.962. The second kappa shape index (κ2) is 4.94. The Balaban J connectivity index is 2.08. The van der Waals surface area contributed by atoms with Crippen LogP contribution in [0.5, 0.6) is 0 Å². The highest BCUT2D eigenvalue weighted by molar-refractivity contribution is 9.10. The Bertz CT molecular complexity index is 736. The molecule has 0 saturated carbocycles. The topological polar surface area (TPSA) is 16.1 Å². The summed E-state index contributed by atoms with van der Waals surface area (Å²) in [7, 11) is 2.06.